The van der Waals surface area contributed by atoms with Crippen LogP contribution in [0, 0.1) is 5.41 Å². The van der Waals surface area contributed by atoms with E-state index >= 15 is 0 Å². The molecule has 0 bridgehead atoms. The molecule has 1 N–H and O–H groups in total. The number of aliphatic carboxylic acids is 1. The van der Waals surface area contributed by atoms with Crippen molar-refractivity contribution in [2.75, 3.05) is 0 Å². The zero-order valence-electron chi connectivity index (χ0n) is 12.4. The van der Waals surface area contributed by atoms with Crippen molar-refractivity contribution >= 4 is 5.97 Å². The molecule has 2 fully saturated rings. The van der Waals surface area contributed by atoms with Gasteiger partial charge in [-0.2, -0.15) is 0 Å². The van der Waals surface area contributed by atoms with E-state index in [4.69, 9.17) is 4.74 Å². The van der Waals surface area contributed by atoms with Crippen LogP contribution in [0.4, 0.5) is 0 Å². The molecule has 1 spiro atoms. The number of carboxylic acids is 1. The molecule has 0 amide bonds. The highest BCUT2D eigenvalue weighted by molar-refractivity contribution is 5.74. The second kappa shape index (κ2) is 5.82. The number of rotatable bonds is 5. The summed E-state index contributed by atoms with van der Waals surface area (Å²) in [6.45, 7) is 3.98. The van der Waals surface area contributed by atoms with E-state index in [-0.39, 0.29) is 11.7 Å². The maximum Gasteiger partial charge on any atom is 0.309 e. The van der Waals surface area contributed by atoms with Gasteiger partial charge in [-0.3, -0.25) is 4.79 Å². The van der Waals surface area contributed by atoms with Gasteiger partial charge in [0, 0.05) is 0 Å². The molecule has 1 aliphatic heterocycles. The first kappa shape index (κ1) is 14.8. The third kappa shape index (κ3) is 2.96. The number of hydrogen-bond acceptors (Lipinski definition) is 2. The van der Waals surface area contributed by atoms with Gasteiger partial charge in [0.1, 0.15) is 0 Å². The van der Waals surface area contributed by atoms with Crippen LogP contribution in [0.2, 0.25) is 0 Å². The summed E-state index contributed by atoms with van der Waals surface area (Å²) in [6, 6.07) is 0. The van der Waals surface area contributed by atoms with E-state index in [1.165, 1.54) is 32.1 Å². The molecule has 1 atom stereocenters. The van der Waals surface area contributed by atoms with Crippen LogP contribution in [-0.2, 0) is 9.53 Å². The van der Waals surface area contributed by atoms with Crippen molar-refractivity contribution in [1.82, 2.24) is 0 Å². The van der Waals surface area contributed by atoms with Gasteiger partial charge in [-0.05, 0) is 44.9 Å². The van der Waals surface area contributed by atoms with Crippen molar-refractivity contribution in [3.05, 3.63) is 0 Å². The maximum atomic E-state index is 11.6. The van der Waals surface area contributed by atoms with E-state index in [1.807, 2.05) is 13.8 Å². The molecule has 1 heterocycles. The average molecular weight is 268 g/mol. The van der Waals surface area contributed by atoms with Crippen molar-refractivity contribution in [1.29, 1.82) is 0 Å². The molecule has 110 valence electrons. The molecule has 1 saturated carbocycles. The van der Waals surface area contributed by atoms with Crippen LogP contribution in [-0.4, -0.2) is 22.8 Å². The van der Waals surface area contributed by atoms with Crippen LogP contribution >= 0.6 is 0 Å². The van der Waals surface area contributed by atoms with Crippen LogP contribution < -0.4 is 0 Å². The number of carbonyl (C=O) groups is 1. The lowest BCUT2D eigenvalue weighted by Gasteiger charge is -2.35. The van der Waals surface area contributed by atoms with Gasteiger partial charge in [-0.15, -0.1) is 0 Å². The zero-order chi connectivity index (χ0) is 13.9. The highest BCUT2D eigenvalue weighted by Gasteiger charge is 2.45. The van der Waals surface area contributed by atoms with Gasteiger partial charge >= 0.3 is 5.97 Å². The second-order valence-corrected chi connectivity index (χ2v) is 6.52. The smallest absolute Gasteiger partial charge is 0.309 e. The Morgan fingerprint density at radius 2 is 1.84 bits per heavy atom. The molecular formula is C16H28O3. The molecule has 0 aromatic carbocycles. The Morgan fingerprint density at radius 3 is 2.37 bits per heavy atom. The standard InChI is InChI=1S/C16H28O3/c1-3-15(4-2,14(17)18)12-13-8-11-16(19-13)9-6-5-7-10-16/h13H,3-12H2,1-2H3,(H,17,18). The molecule has 2 rings (SSSR count). The fraction of sp³-hybridized carbons (Fsp3) is 0.938. The fourth-order valence-electron chi connectivity index (χ4n) is 3.97. The summed E-state index contributed by atoms with van der Waals surface area (Å²) in [7, 11) is 0. The van der Waals surface area contributed by atoms with Crippen molar-refractivity contribution in [2.24, 2.45) is 5.41 Å². The predicted octanol–water partition coefficient (Wildman–Crippen LogP) is 4.15. The minimum absolute atomic E-state index is 0.106. The number of hydrogen-bond donors (Lipinski definition) is 1. The van der Waals surface area contributed by atoms with Gasteiger partial charge in [0.25, 0.3) is 0 Å². The zero-order valence-corrected chi connectivity index (χ0v) is 12.4. The second-order valence-electron chi connectivity index (χ2n) is 6.52. The molecule has 3 heteroatoms. The lowest BCUT2D eigenvalue weighted by Crippen LogP contribution is -2.36. The molecular weight excluding hydrogens is 240 g/mol. The molecule has 1 saturated heterocycles. The molecule has 1 aliphatic carbocycles. The van der Waals surface area contributed by atoms with Crippen molar-refractivity contribution < 1.29 is 14.6 Å². The Balaban J connectivity index is 1.98. The van der Waals surface area contributed by atoms with Crippen molar-refractivity contribution in [3.8, 4) is 0 Å². The van der Waals surface area contributed by atoms with Gasteiger partial charge in [-0.25, -0.2) is 0 Å². The topological polar surface area (TPSA) is 46.5 Å². The van der Waals surface area contributed by atoms with Crippen LogP contribution in [0.5, 0.6) is 0 Å². The quantitative estimate of drug-likeness (QED) is 0.814. The molecule has 0 aromatic rings. The normalized spacial score (nSPS) is 26.7. The van der Waals surface area contributed by atoms with Gasteiger partial charge in [-0.1, -0.05) is 33.1 Å². The van der Waals surface area contributed by atoms with Crippen molar-refractivity contribution in [3.63, 3.8) is 0 Å². The van der Waals surface area contributed by atoms with Crippen LogP contribution in [0.3, 0.4) is 0 Å². The summed E-state index contributed by atoms with van der Waals surface area (Å²) in [5, 5.41) is 9.53. The largest absolute Gasteiger partial charge is 0.481 e. The third-order valence-corrected chi connectivity index (χ3v) is 5.53. The molecule has 0 radical (unpaired) electrons. The summed E-state index contributed by atoms with van der Waals surface area (Å²) in [6.07, 6.45) is 10.7. The Bertz CT molecular complexity index is 314. The Morgan fingerprint density at radius 1 is 1.21 bits per heavy atom. The highest BCUT2D eigenvalue weighted by atomic mass is 16.5. The molecule has 1 unspecified atom stereocenters. The van der Waals surface area contributed by atoms with Crippen LogP contribution in [0.25, 0.3) is 0 Å². The van der Waals surface area contributed by atoms with E-state index in [1.54, 1.807) is 0 Å². The average Bonchev–Trinajstić information content (AvgIpc) is 2.79. The summed E-state index contributed by atoms with van der Waals surface area (Å²) < 4.78 is 6.34. The third-order valence-electron chi connectivity index (χ3n) is 5.53. The van der Waals surface area contributed by atoms with Gasteiger partial charge in [0.2, 0.25) is 0 Å². The van der Waals surface area contributed by atoms with Crippen LogP contribution in [0.1, 0.15) is 78.1 Å². The predicted molar refractivity (Wildman–Crippen MR) is 75.2 cm³/mol. The van der Waals surface area contributed by atoms with Gasteiger partial charge in [0.15, 0.2) is 0 Å². The minimum Gasteiger partial charge on any atom is -0.481 e. The summed E-state index contributed by atoms with van der Waals surface area (Å²) in [4.78, 5) is 11.6. The SMILES string of the molecule is CCC(CC)(CC1CCC2(CCCCC2)O1)C(=O)O. The van der Waals surface area contributed by atoms with E-state index in [2.05, 4.69) is 0 Å². The fourth-order valence-corrected chi connectivity index (χ4v) is 3.97. The van der Waals surface area contributed by atoms with Crippen molar-refractivity contribution in [2.45, 2.75) is 89.8 Å². The van der Waals surface area contributed by atoms with E-state index in [9.17, 15) is 9.90 Å². The Kier molecular flexibility index (Phi) is 4.54. The monoisotopic (exact) mass is 268 g/mol. The van der Waals surface area contributed by atoms with E-state index in [0.717, 1.165) is 12.8 Å². The van der Waals surface area contributed by atoms with Crippen LogP contribution in [0.15, 0.2) is 0 Å². The first-order valence-corrected chi connectivity index (χ1v) is 7.97. The molecule has 2 aliphatic rings. The lowest BCUT2D eigenvalue weighted by molar-refractivity contribution is -0.154. The molecule has 3 nitrogen and oxygen atoms in total. The Labute approximate surface area is 116 Å². The summed E-state index contributed by atoms with van der Waals surface area (Å²) >= 11 is 0. The molecule has 19 heavy (non-hydrogen) atoms. The van der Waals surface area contributed by atoms with E-state index < -0.39 is 11.4 Å². The lowest BCUT2D eigenvalue weighted by atomic mass is 9.77. The highest BCUT2D eigenvalue weighted by Crippen LogP contribution is 2.45. The first-order chi connectivity index (χ1) is 9.06. The van der Waals surface area contributed by atoms with Gasteiger partial charge in [0.05, 0.1) is 17.1 Å². The summed E-state index contributed by atoms with van der Waals surface area (Å²) in [5.41, 5.74) is -0.473. The number of carboxylic acid groups (broad SMARTS) is 1. The first-order valence-electron chi connectivity index (χ1n) is 7.97. The number of ether oxygens (including phenoxy) is 1. The minimum atomic E-state index is -0.648. The maximum absolute atomic E-state index is 11.6. The molecule has 0 aromatic heterocycles. The van der Waals surface area contributed by atoms with E-state index in [0.29, 0.717) is 19.3 Å². The Hall–Kier alpha value is -0.570. The summed E-state index contributed by atoms with van der Waals surface area (Å²) in [5.74, 6) is -0.648. The van der Waals surface area contributed by atoms with Gasteiger partial charge < -0.3 is 9.84 Å².